The molecule has 0 saturated carbocycles. The molecule has 0 unspecified atom stereocenters. The highest BCUT2D eigenvalue weighted by Gasteiger charge is 2.46. The molecule has 2 N–H and O–H groups in total. The standard InChI is InChI=1S/C8H14O2/c1-7(5-9)3-4-8(7,2)6-10/h3-4,9-10H,5-6H2,1-2H3/t7-,8+. The van der Waals surface area contributed by atoms with Gasteiger partial charge >= 0.3 is 0 Å². The van der Waals surface area contributed by atoms with Crippen LogP contribution in [0.5, 0.6) is 0 Å². The maximum atomic E-state index is 8.95. The molecule has 1 aliphatic carbocycles. The van der Waals surface area contributed by atoms with Gasteiger partial charge in [0.05, 0.1) is 13.2 Å². The highest BCUT2D eigenvalue weighted by atomic mass is 16.3. The van der Waals surface area contributed by atoms with Crippen LogP contribution in [-0.2, 0) is 0 Å². The van der Waals surface area contributed by atoms with E-state index in [4.69, 9.17) is 10.2 Å². The maximum absolute atomic E-state index is 8.95. The Morgan fingerprint density at radius 2 is 1.30 bits per heavy atom. The van der Waals surface area contributed by atoms with E-state index in [0.29, 0.717) is 0 Å². The lowest BCUT2D eigenvalue weighted by Crippen LogP contribution is -2.46. The van der Waals surface area contributed by atoms with Crippen LogP contribution in [-0.4, -0.2) is 23.4 Å². The predicted molar refractivity (Wildman–Crippen MR) is 39.5 cm³/mol. The van der Waals surface area contributed by atoms with Gasteiger partial charge in [0.25, 0.3) is 0 Å². The van der Waals surface area contributed by atoms with Gasteiger partial charge in [-0.15, -0.1) is 0 Å². The minimum absolute atomic E-state index is 0.112. The Bertz CT molecular complexity index is 147. The van der Waals surface area contributed by atoms with Gasteiger partial charge in [-0.05, 0) is 0 Å². The monoisotopic (exact) mass is 142 g/mol. The Morgan fingerprint density at radius 3 is 1.40 bits per heavy atom. The first-order valence-corrected chi connectivity index (χ1v) is 3.50. The summed E-state index contributed by atoms with van der Waals surface area (Å²) in [6.45, 7) is 4.12. The van der Waals surface area contributed by atoms with E-state index in [2.05, 4.69) is 0 Å². The van der Waals surface area contributed by atoms with Crippen LogP contribution < -0.4 is 0 Å². The molecule has 0 amide bonds. The minimum Gasteiger partial charge on any atom is -0.395 e. The van der Waals surface area contributed by atoms with Crippen LogP contribution in [0.1, 0.15) is 13.8 Å². The van der Waals surface area contributed by atoms with Gasteiger partial charge in [0.1, 0.15) is 0 Å². The van der Waals surface area contributed by atoms with Crippen molar-refractivity contribution in [2.75, 3.05) is 13.2 Å². The van der Waals surface area contributed by atoms with Crippen LogP contribution in [0.15, 0.2) is 12.2 Å². The first-order chi connectivity index (χ1) is 4.58. The van der Waals surface area contributed by atoms with Gasteiger partial charge in [-0.2, -0.15) is 0 Å². The Balaban J connectivity index is 2.77. The summed E-state index contributed by atoms with van der Waals surface area (Å²) in [5.74, 6) is 0. The van der Waals surface area contributed by atoms with Gasteiger partial charge in [0.2, 0.25) is 0 Å². The molecule has 1 aliphatic rings. The summed E-state index contributed by atoms with van der Waals surface area (Å²) < 4.78 is 0. The fourth-order valence-electron chi connectivity index (χ4n) is 1.12. The zero-order chi connectivity index (χ0) is 7.83. The minimum atomic E-state index is -0.207. The summed E-state index contributed by atoms with van der Waals surface area (Å²) in [7, 11) is 0. The summed E-state index contributed by atoms with van der Waals surface area (Å²) in [6, 6.07) is 0. The SMILES string of the molecule is C[C@@]1(CO)C=C[C@]1(C)CO. The van der Waals surface area contributed by atoms with Crippen LogP contribution in [0.2, 0.25) is 0 Å². The third-order valence-corrected chi connectivity index (χ3v) is 2.78. The number of rotatable bonds is 2. The van der Waals surface area contributed by atoms with Crippen LogP contribution in [0, 0.1) is 10.8 Å². The van der Waals surface area contributed by atoms with Crippen molar-refractivity contribution in [2.24, 2.45) is 10.8 Å². The first-order valence-electron chi connectivity index (χ1n) is 3.50. The second kappa shape index (κ2) is 2.07. The molecule has 0 radical (unpaired) electrons. The van der Waals surface area contributed by atoms with E-state index in [-0.39, 0.29) is 24.0 Å². The largest absolute Gasteiger partial charge is 0.395 e. The van der Waals surface area contributed by atoms with E-state index >= 15 is 0 Å². The first kappa shape index (κ1) is 7.76. The molecule has 58 valence electrons. The van der Waals surface area contributed by atoms with Gasteiger partial charge < -0.3 is 10.2 Å². The molecule has 0 aromatic rings. The van der Waals surface area contributed by atoms with Gasteiger partial charge in [0, 0.05) is 10.8 Å². The third-order valence-electron chi connectivity index (χ3n) is 2.78. The van der Waals surface area contributed by atoms with Gasteiger partial charge in [-0.25, -0.2) is 0 Å². The summed E-state index contributed by atoms with van der Waals surface area (Å²) in [5.41, 5.74) is -0.413. The molecular formula is C8H14O2. The molecule has 2 heteroatoms. The van der Waals surface area contributed by atoms with E-state index in [1.54, 1.807) is 0 Å². The fourth-order valence-corrected chi connectivity index (χ4v) is 1.12. The molecule has 0 saturated heterocycles. The molecule has 0 spiro atoms. The molecular weight excluding hydrogens is 128 g/mol. The van der Waals surface area contributed by atoms with Gasteiger partial charge in [-0.1, -0.05) is 26.0 Å². The van der Waals surface area contributed by atoms with Crippen molar-refractivity contribution in [3.05, 3.63) is 12.2 Å². The van der Waals surface area contributed by atoms with Crippen molar-refractivity contribution in [2.45, 2.75) is 13.8 Å². The molecule has 2 atom stereocenters. The normalized spacial score (nSPS) is 45.2. The average molecular weight is 142 g/mol. The predicted octanol–water partition coefficient (Wildman–Crippen LogP) is 0.553. The maximum Gasteiger partial charge on any atom is 0.0528 e. The van der Waals surface area contributed by atoms with E-state index in [1.807, 2.05) is 26.0 Å². The Labute approximate surface area is 61.2 Å². The lowest BCUT2D eigenvalue weighted by molar-refractivity contribution is 0.0127. The Hall–Kier alpha value is -0.340. The Morgan fingerprint density at radius 1 is 1.00 bits per heavy atom. The molecule has 10 heavy (non-hydrogen) atoms. The van der Waals surface area contributed by atoms with Crippen LogP contribution in [0.25, 0.3) is 0 Å². The van der Waals surface area contributed by atoms with Gasteiger partial charge in [0.15, 0.2) is 0 Å². The quantitative estimate of drug-likeness (QED) is 0.553. The van der Waals surface area contributed by atoms with Crippen molar-refractivity contribution in [3.63, 3.8) is 0 Å². The lowest BCUT2D eigenvalue weighted by Gasteiger charge is -2.47. The zero-order valence-electron chi connectivity index (χ0n) is 6.46. The topological polar surface area (TPSA) is 40.5 Å². The molecule has 1 rings (SSSR count). The van der Waals surface area contributed by atoms with Crippen molar-refractivity contribution in [1.29, 1.82) is 0 Å². The molecule has 0 bridgehead atoms. The van der Waals surface area contributed by atoms with Crippen molar-refractivity contribution < 1.29 is 10.2 Å². The van der Waals surface area contributed by atoms with E-state index in [9.17, 15) is 0 Å². The average Bonchev–Trinajstić information content (AvgIpc) is 1.99. The molecule has 0 aromatic carbocycles. The molecule has 2 nitrogen and oxygen atoms in total. The zero-order valence-corrected chi connectivity index (χ0v) is 6.46. The lowest BCUT2D eigenvalue weighted by atomic mass is 9.58. The molecule has 0 aromatic heterocycles. The fraction of sp³-hybridized carbons (Fsp3) is 0.750. The van der Waals surface area contributed by atoms with Crippen LogP contribution in [0.3, 0.4) is 0 Å². The van der Waals surface area contributed by atoms with Crippen molar-refractivity contribution in [3.8, 4) is 0 Å². The van der Waals surface area contributed by atoms with E-state index < -0.39 is 0 Å². The summed E-state index contributed by atoms with van der Waals surface area (Å²) in [6.07, 6.45) is 3.90. The number of aliphatic hydroxyl groups excluding tert-OH is 2. The number of hydrogen-bond donors (Lipinski definition) is 2. The van der Waals surface area contributed by atoms with Crippen molar-refractivity contribution >= 4 is 0 Å². The number of aliphatic hydroxyl groups is 2. The number of hydrogen-bond acceptors (Lipinski definition) is 2. The van der Waals surface area contributed by atoms with E-state index in [0.717, 1.165) is 0 Å². The van der Waals surface area contributed by atoms with Crippen LogP contribution in [0.4, 0.5) is 0 Å². The third kappa shape index (κ3) is 0.724. The molecule has 0 heterocycles. The highest BCUT2D eigenvalue weighted by molar-refractivity contribution is 5.24. The van der Waals surface area contributed by atoms with Crippen LogP contribution >= 0.6 is 0 Å². The summed E-state index contributed by atoms with van der Waals surface area (Å²) in [5, 5.41) is 17.9. The van der Waals surface area contributed by atoms with Gasteiger partial charge in [-0.3, -0.25) is 0 Å². The Kier molecular flexibility index (Phi) is 1.61. The molecule has 0 fully saturated rings. The second-order valence-corrected chi connectivity index (χ2v) is 3.48. The highest BCUT2D eigenvalue weighted by Crippen LogP contribution is 2.48. The van der Waals surface area contributed by atoms with E-state index in [1.165, 1.54) is 0 Å². The summed E-state index contributed by atoms with van der Waals surface area (Å²) in [4.78, 5) is 0. The smallest absolute Gasteiger partial charge is 0.0528 e. The summed E-state index contributed by atoms with van der Waals surface area (Å²) >= 11 is 0. The second-order valence-electron chi connectivity index (χ2n) is 3.48. The van der Waals surface area contributed by atoms with Crippen molar-refractivity contribution in [1.82, 2.24) is 0 Å². The molecule has 0 aliphatic heterocycles.